The minimum Gasteiger partial charge on any atom is -0.401 e. The molecule has 0 aromatic carbocycles. The van der Waals surface area contributed by atoms with E-state index >= 15 is 0 Å². The molecule has 0 amide bonds. The van der Waals surface area contributed by atoms with Gasteiger partial charge in [-0.25, -0.2) is 0 Å². The van der Waals surface area contributed by atoms with Crippen LogP contribution in [0.25, 0.3) is 0 Å². The normalized spacial score (nSPS) is 21.1. The molecular formula is C16H24N2O2. The van der Waals surface area contributed by atoms with Crippen molar-refractivity contribution in [2.75, 3.05) is 0 Å². The first-order valence-electron chi connectivity index (χ1n) is 7.47. The number of nitrogens with two attached hydrogens (primary N) is 1. The topological polar surface area (TPSA) is 72.2 Å². The molecule has 0 heterocycles. The van der Waals surface area contributed by atoms with Crippen molar-refractivity contribution in [3.05, 3.63) is 23.5 Å². The highest BCUT2D eigenvalue weighted by atomic mass is 16.1. The first-order valence-corrected chi connectivity index (χ1v) is 7.47. The summed E-state index contributed by atoms with van der Waals surface area (Å²) in [5.74, 6) is 1.70. The average Bonchev–Trinajstić information content (AvgIpc) is 3.32. The van der Waals surface area contributed by atoms with E-state index in [0.717, 1.165) is 12.6 Å². The van der Waals surface area contributed by atoms with Gasteiger partial charge in [0.25, 0.3) is 0 Å². The highest BCUT2D eigenvalue weighted by molar-refractivity contribution is 5.81. The molecule has 0 saturated heterocycles. The number of carbonyl (C=O) groups excluding carboxylic acids is 2. The van der Waals surface area contributed by atoms with Gasteiger partial charge in [0.1, 0.15) is 6.29 Å². The van der Waals surface area contributed by atoms with Gasteiger partial charge in [-0.3, -0.25) is 4.79 Å². The van der Waals surface area contributed by atoms with E-state index in [1.54, 1.807) is 0 Å². The molecule has 2 aliphatic rings. The summed E-state index contributed by atoms with van der Waals surface area (Å²) < 4.78 is 0. The molecule has 1 atom stereocenters. The van der Waals surface area contributed by atoms with Crippen LogP contribution in [0.2, 0.25) is 0 Å². The van der Waals surface area contributed by atoms with Crippen LogP contribution in [0, 0.1) is 17.8 Å². The van der Waals surface area contributed by atoms with Crippen LogP contribution in [0.5, 0.6) is 0 Å². The minimum absolute atomic E-state index is 0.248. The van der Waals surface area contributed by atoms with E-state index in [4.69, 9.17) is 5.73 Å². The van der Waals surface area contributed by atoms with Crippen LogP contribution in [0.3, 0.4) is 0 Å². The number of carbonyl (C=O) groups is 2. The largest absolute Gasteiger partial charge is 0.401 e. The van der Waals surface area contributed by atoms with Crippen LogP contribution in [-0.2, 0) is 9.59 Å². The van der Waals surface area contributed by atoms with E-state index in [2.05, 4.69) is 11.9 Å². The van der Waals surface area contributed by atoms with Gasteiger partial charge < -0.3 is 15.8 Å². The van der Waals surface area contributed by atoms with Gasteiger partial charge in [-0.05, 0) is 49.9 Å². The third-order valence-electron chi connectivity index (χ3n) is 4.40. The quantitative estimate of drug-likeness (QED) is 0.383. The fourth-order valence-electron chi connectivity index (χ4n) is 2.96. The van der Waals surface area contributed by atoms with Crippen LogP contribution in [-0.4, -0.2) is 18.6 Å². The Bertz CT molecular complexity index is 422. The van der Waals surface area contributed by atoms with Crippen molar-refractivity contribution in [2.24, 2.45) is 23.5 Å². The van der Waals surface area contributed by atoms with Gasteiger partial charge in [-0.2, -0.15) is 0 Å². The van der Waals surface area contributed by atoms with Crippen LogP contribution in [0.15, 0.2) is 23.5 Å². The van der Waals surface area contributed by atoms with E-state index in [0.29, 0.717) is 41.1 Å². The molecule has 0 spiro atoms. The molecule has 1 unspecified atom stereocenters. The number of hydrogen-bond acceptors (Lipinski definition) is 4. The second-order valence-corrected chi connectivity index (χ2v) is 5.95. The predicted molar refractivity (Wildman–Crippen MR) is 78.6 cm³/mol. The highest BCUT2D eigenvalue weighted by Gasteiger charge is 2.45. The Morgan fingerprint density at radius 1 is 1.30 bits per heavy atom. The Hall–Kier alpha value is -1.58. The number of aldehydes is 2. The Kier molecular flexibility index (Phi) is 4.63. The van der Waals surface area contributed by atoms with E-state index in [-0.39, 0.29) is 6.04 Å². The Morgan fingerprint density at radius 2 is 1.85 bits per heavy atom. The highest BCUT2D eigenvalue weighted by Crippen LogP contribution is 2.50. The lowest BCUT2D eigenvalue weighted by Crippen LogP contribution is -2.39. The molecule has 110 valence electrons. The maximum atomic E-state index is 11.5. The summed E-state index contributed by atoms with van der Waals surface area (Å²) in [7, 11) is 0. The summed E-state index contributed by atoms with van der Waals surface area (Å²) in [6, 6.07) is -0.248. The summed E-state index contributed by atoms with van der Waals surface area (Å²) in [5, 5.41) is 3.14. The molecular weight excluding hydrogens is 252 g/mol. The van der Waals surface area contributed by atoms with Gasteiger partial charge in [0.05, 0.1) is 11.6 Å². The zero-order chi connectivity index (χ0) is 14.7. The Labute approximate surface area is 120 Å². The lowest BCUT2D eigenvalue weighted by molar-refractivity contribution is -0.111. The zero-order valence-corrected chi connectivity index (χ0v) is 12.1. The van der Waals surface area contributed by atoms with Crippen LogP contribution < -0.4 is 11.1 Å². The van der Waals surface area contributed by atoms with Gasteiger partial charge in [0.15, 0.2) is 6.29 Å². The number of allylic oxidation sites excluding steroid dienone is 2. The minimum atomic E-state index is -0.248. The third kappa shape index (κ3) is 3.30. The van der Waals surface area contributed by atoms with Gasteiger partial charge in [-0.15, -0.1) is 0 Å². The van der Waals surface area contributed by atoms with Crippen molar-refractivity contribution in [3.63, 3.8) is 0 Å². The molecule has 2 rings (SSSR count). The van der Waals surface area contributed by atoms with E-state index in [1.807, 2.05) is 6.92 Å². The third-order valence-corrected chi connectivity index (χ3v) is 4.40. The van der Waals surface area contributed by atoms with Crippen molar-refractivity contribution in [3.8, 4) is 0 Å². The fraction of sp³-hybridized carbons (Fsp3) is 0.625. The van der Waals surface area contributed by atoms with Gasteiger partial charge >= 0.3 is 0 Å². The zero-order valence-electron chi connectivity index (χ0n) is 12.1. The predicted octanol–water partition coefficient (Wildman–Crippen LogP) is 1.92. The second kappa shape index (κ2) is 6.25. The van der Waals surface area contributed by atoms with Crippen molar-refractivity contribution in [1.82, 2.24) is 5.32 Å². The molecule has 20 heavy (non-hydrogen) atoms. The van der Waals surface area contributed by atoms with Crippen molar-refractivity contribution < 1.29 is 9.59 Å². The van der Waals surface area contributed by atoms with Gasteiger partial charge in [0.2, 0.25) is 0 Å². The molecule has 4 nitrogen and oxygen atoms in total. The summed E-state index contributed by atoms with van der Waals surface area (Å²) >= 11 is 0. The molecule has 2 saturated carbocycles. The molecule has 2 aliphatic carbocycles. The molecule has 0 aromatic heterocycles. The molecule has 0 radical (unpaired) electrons. The van der Waals surface area contributed by atoms with Crippen molar-refractivity contribution in [1.29, 1.82) is 0 Å². The van der Waals surface area contributed by atoms with E-state index in [9.17, 15) is 9.59 Å². The second-order valence-electron chi connectivity index (χ2n) is 5.95. The molecule has 0 bridgehead atoms. The number of rotatable bonds is 9. The Morgan fingerprint density at radius 3 is 2.20 bits per heavy atom. The van der Waals surface area contributed by atoms with Gasteiger partial charge in [-0.1, -0.05) is 13.5 Å². The summed E-state index contributed by atoms with van der Waals surface area (Å²) in [4.78, 5) is 22.6. The number of hydrogen-bond donors (Lipinski definition) is 2. The first kappa shape index (κ1) is 14.8. The van der Waals surface area contributed by atoms with Crippen molar-refractivity contribution in [2.45, 2.75) is 45.1 Å². The van der Waals surface area contributed by atoms with Crippen LogP contribution in [0.4, 0.5) is 0 Å². The SMILES string of the molecule is C=C(NC(C=O)C(C1CC1)C1CC1)/C(C=O)=C(/N)CC. The Balaban J connectivity index is 2.07. The maximum Gasteiger partial charge on any atom is 0.153 e. The van der Waals surface area contributed by atoms with E-state index < -0.39 is 0 Å². The monoisotopic (exact) mass is 276 g/mol. The fourth-order valence-corrected chi connectivity index (χ4v) is 2.96. The first-order chi connectivity index (χ1) is 9.62. The van der Waals surface area contributed by atoms with Crippen molar-refractivity contribution >= 4 is 12.6 Å². The summed E-state index contributed by atoms with van der Waals surface area (Å²) in [6.45, 7) is 5.77. The average molecular weight is 276 g/mol. The lowest BCUT2D eigenvalue weighted by Gasteiger charge is -2.26. The maximum absolute atomic E-state index is 11.5. The van der Waals surface area contributed by atoms with Crippen LogP contribution in [0.1, 0.15) is 39.0 Å². The molecule has 2 fully saturated rings. The molecule has 0 aliphatic heterocycles. The molecule has 0 aromatic rings. The van der Waals surface area contributed by atoms with Crippen LogP contribution >= 0.6 is 0 Å². The van der Waals surface area contributed by atoms with E-state index in [1.165, 1.54) is 25.7 Å². The van der Waals surface area contributed by atoms with Gasteiger partial charge in [0, 0.05) is 11.4 Å². The molecule has 3 N–H and O–H groups in total. The lowest BCUT2D eigenvalue weighted by atomic mass is 9.89. The smallest absolute Gasteiger partial charge is 0.153 e. The summed E-state index contributed by atoms with van der Waals surface area (Å²) in [6.07, 6.45) is 7.14. The number of nitrogens with one attached hydrogen (secondary N) is 1. The summed E-state index contributed by atoms with van der Waals surface area (Å²) in [5.41, 5.74) is 7.20. The standard InChI is InChI=1S/C16H24N2O2/c1-3-14(17)13(8-19)10(2)18-15(9-20)16(11-4-5-11)12-6-7-12/h8-9,11-12,15-16,18H,2-7,17H2,1H3/b14-13+. The molecule has 4 heteroatoms.